The fourth-order valence-electron chi connectivity index (χ4n) is 4.96. The third-order valence-electron chi connectivity index (χ3n) is 6.36. The topological polar surface area (TPSA) is 46.8 Å². The molecule has 2 heterocycles. The highest BCUT2D eigenvalue weighted by Crippen LogP contribution is 2.42. The van der Waals surface area contributed by atoms with Crippen molar-refractivity contribution in [1.29, 1.82) is 0 Å². The fraction of sp³-hybridized carbons (Fsp3) is 0.435. The molecule has 0 saturated heterocycles. The molecule has 5 heteroatoms. The molecule has 0 N–H and O–H groups in total. The normalized spacial score (nSPS) is 20.5. The number of fused-ring (bicyclic) bond motifs is 1. The first-order valence-electron chi connectivity index (χ1n) is 10.4. The minimum atomic E-state index is 0.0230. The summed E-state index contributed by atoms with van der Waals surface area (Å²) in [5.74, 6) is 0.972. The van der Waals surface area contributed by atoms with Crippen molar-refractivity contribution in [3.8, 4) is 0 Å². The minimum Gasteiger partial charge on any atom is -0.354 e. The van der Waals surface area contributed by atoms with Gasteiger partial charge in [0.1, 0.15) is 6.04 Å². The van der Waals surface area contributed by atoms with E-state index >= 15 is 0 Å². The first-order valence-corrected chi connectivity index (χ1v) is 10.4. The van der Waals surface area contributed by atoms with Crippen LogP contribution in [0.15, 0.2) is 48.5 Å². The molecule has 1 aliphatic heterocycles. The quantitative estimate of drug-likeness (QED) is 0.668. The highest BCUT2D eigenvalue weighted by Gasteiger charge is 2.37. The molecule has 2 aliphatic rings. The lowest BCUT2D eigenvalue weighted by Gasteiger charge is -2.34. The van der Waals surface area contributed by atoms with Crippen LogP contribution in [-0.2, 0) is 6.42 Å². The number of aryl methyl sites for hydroxylation is 1. The largest absolute Gasteiger partial charge is 0.354 e. The number of tetrazole rings is 1. The van der Waals surface area contributed by atoms with Crippen LogP contribution in [0.3, 0.4) is 0 Å². The Bertz CT molecular complexity index is 955. The summed E-state index contributed by atoms with van der Waals surface area (Å²) in [5.41, 5.74) is 5.24. The highest BCUT2D eigenvalue weighted by atomic mass is 15.6. The van der Waals surface area contributed by atoms with Gasteiger partial charge in [-0.1, -0.05) is 60.9 Å². The number of nitrogens with zero attached hydrogens (tertiary/aromatic N) is 5. The molecule has 5 rings (SSSR count). The first-order chi connectivity index (χ1) is 13.7. The van der Waals surface area contributed by atoms with Crippen molar-refractivity contribution in [1.82, 2.24) is 20.2 Å². The molecule has 1 aliphatic carbocycles. The molecule has 2 atom stereocenters. The number of hydrogen-bond acceptors (Lipinski definition) is 4. The second-order valence-corrected chi connectivity index (χ2v) is 8.32. The van der Waals surface area contributed by atoms with Crippen LogP contribution < -0.4 is 4.90 Å². The van der Waals surface area contributed by atoms with Crippen molar-refractivity contribution in [3.05, 3.63) is 71.0 Å². The predicted molar refractivity (Wildman–Crippen MR) is 110 cm³/mol. The van der Waals surface area contributed by atoms with Crippen LogP contribution in [0.4, 0.5) is 5.69 Å². The lowest BCUT2D eigenvalue weighted by molar-refractivity contribution is 0.424. The Morgan fingerprint density at radius 2 is 1.75 bits per heavy atom. The van der Waals surface area contributed by atoms with Crippen LogP contribution in [0.25, 0.3) is 0 Å². The molecule has 1 aromatic heterocycles. The van der Waals surface area contributed by atoms with Gasteiger partial charge in [-0.2, -0.15) is 0 Å². The average Bonchev–Trinajstić information content (AvgIpc) is 3.44. The van der Waals surface area contributed by atoms with Gasteiger partial charge in [-0.05, 0) is 60.7 Å². The standard InChI is InChI=1S/C23H27N5/c1-16-11-13-18(14-12-16)22(23-24-25-26-28(23)20-8-4-5-9-20)27-17(2)15-19-7-3-6-10-21(19)27/h3,6-7,10-14,17,20,22H,4-5,8-9,15H2,1-2H3/t17-,22+/m1/s1. The van der Waals surface area contributed by atoms with E-state index in [9.17, 15) is 0 Å². The molecule has 3 aromatic rings. The van der Waals surface area contributed by atoms with Crippen LogP contribution in [0.2, 0.25) is 0 Å². The van der Waals surface area contributed by atoms with Crippen LogP contribution in [0, 0.1) is 6.92 Å². The molecule has 1 saturated carbocycles. The fourth-order valence-corrected chi connectivity index (χ4v) is 4.96. The van der Waals surface area contributed by atoms with E-state index in [0.29, 0.717) is 12.1 Å². The Morgan fingerprint density at radius 1 is 1.00 bits per heavy atom. The summed E-state index contributed by atoms with van der Waals surface area (Å²) in [6.07, 6.45) is 5.93. The van der Waals surface area contributed by atoms with E-state index in [0.717, 1.165) is 12.2 Å². The van der Waals surface area contributed by atoms with Gasteiger partial charge in [-0.25, -0.2) is 4.68 Å². The smallest absolute Gasteiger partial charge is 0.178 e. The molecule has 28 heavy (non-hydrogen) atoms. The lowest BCUT2D eigenvalue weighted by Crippen LogP contribution is -2.36. The van der Waals surface area contributed by atoms with Crippen LogP contribution >= 0.6 is 0 Å². The van der Waals surface area contributed by atoms with Gasteiger partial charge >= 0.3 is 0 Å². The van der Waals surface area contributed by atoms with Crippen molar-refractivity contribution < 1.29 is 0 Å². The average molecular weight is 374 g/mol. The van der Waals surface area contributed by atoms with E-state index in [2.05, 4.69) is 87.5 Å². The van der Waals surface area contributed by atoms with Crippen molar-refractivity contribution in [2.45, 2.75) is 64.1 Å². The maximum absolute atomic E-state index is 4.57. The van der Waals surface area contributed by atoms with Crippen molar-refractivity contribution >= 4 is 5.69 Å². The van der Waals surface area contributed by atoms with Gasteiger partial charge in [-0.3, -0.25) is 0 Å². The number of aromatic nitrogens is 4. The summed E-state index contributed by atoms with van der Waals surface area (Å²) in [6.45, 7) is 4.44. The summed E-state index contributed by atoms with van der Waals surface area (Å²) in [6, 6.07) is 18.5. The third kappa shape index (κ3) is 2.89. The Hall–Kier alpha value is -2.69. The van der Waals surface area contributed by atoms with E-state index in [1.807, 2.05) is 0 Å². The molecular formula is C23H27N5. The van der Waals surface area contributed by atoms with E-state index in [1.165, 1.54) is 48.1 Å². The Balaban J connectivity index is 1.65. The molecule has 0 amide bonds. The molecule has 2 aromatic carbocycles. The third-order valence-corrected chi connectivity index (χ3v) is 6.36. The zero-order chi connectivity index (χ0) is 19.1. The minimum absolute atomic E-state index is 0.0230. The summed E-state index contributed by atoms with van der Waals surface area (Å²) in [4.78, 5) is 2.52. The zero-order valence-electron chi connectivity index (χ0n) is 16.6. The summed E-state index contributed by atoms with van der Waals surface area (Å²) in [7, 11) is 0. The maximum Gasteiger partial charge on any atom is 0.178 e. The maximum atomic E-state index is 4.57. The SMILES string of the molecule is Cc1ccc([C@@H](c2nnnn2C2CCCC2)N2c3ccccc3C[C@H]2C)cc1. The second-order valence-electron chi connectivity index (χ2n) is 8.32. The van der Waals surface area contributed by atoms with E-state index in [1.54, 1.807) is 0 Å². The summed E-state index contributed by atoms with van der Waals surface area (Å²) in [5, 5.41) is 13.1. The van der Waals surface area contributed by atoms with Crippen LogP contribution in [0.5, 0.6) is 0 Å². The van der Waals surface area contributed by atoms with Gasteiger partial charge in [0.2, 0.25) is 0 Å². The number of benzene rings is 2. The van der Waals surface area contributed by atoms with Gasteiger partial charge in [0.15, 0.2) is 5.82 Å². The molecule has 0 bridgehead atoms. The van der Waals surface area contributed by atoms with Gasteiger partial charge < -0.3 is 4.90 Å². The first kappa shape index (κ1) is 17.4. The van der Waals surface area contributed by atoms with Crippen molar-refractivity contribution in [2.75, 3.05) is 4.90 Å². The zero-order valence-corrected chi connectivity index (χ0v) is 16.6. The molecule has 0 spiro atoms. The summed E-state index contributed by atoms with van der Waals surface area (Å²) < 4.78 is 2.12. The predicted octanol–water partition coefficient (Wildman–Crippen LogP) is 4.64. The number of anilines is 1. The van der Waals surface area contributed by atoms with Crippen LogP contribution in [0.1, 0.15) is 67.2 Å². The van der Waals surface area contributed by atoms with Gasteiger partial charge in [-0.15, -0.1) is 5.10 Å². The number of para-hydroxylation sites is 1. The molecule has 144 valence electrons. The van der Waals surface area contributed by atoms with Gasteiger partial charge in [0.05, 0.1) is 6.04 Å². The molecule has 0 radical (unpaired) electrons. The van der Waals surface area contributed by atoms with E-state index in [-0.39, 0.29) is 6.04 Å². The molecule has 1 fully saturated rings. The summed E-state index contributed by atoms with van der Waals surface area (Å²) >= 11 is 0. The van der Waals surface area contributed by atoms with Gasteiger partial charge in [0, 0.05) is 11.7 Å². The molecular weight excluding hydrogens is 346 g/mol. The van der Waals surface area contributed by atoms with Gasteiger partial charge in [0.25, 0.3) is 0 Å². The molecule has 5 nitrogen and oxygen atoms in total. The van der Waals surface area contributed by atoms with Crippen LogP contribution in [-0.4, -0.2) is 26.2 Å². The molecule has 0 unspecified atom stereocenters. The highest BCUT2D eigenvalue weighted by molar-refractivity contribution is 5.62. The lowest BCUT2D eigenvalue weighted by atomic mass is 10.0. The van der Waals surface area contributed by atoms with E-state index < -0.39 is 0 Å². The van der Waals surface area contributed by atoms with E-state index in [4.69, 9.17) is 0 Å². The Morgan fingerprint density at radius 3 is 2.54 bits per heavy atom. The van der Waals surface area contributed by atoms with Crippen molar-refractivity contribution in [2.24, 2.45) is 0 Å². The van der Waals surface area contributed by atoms with Crippen molar-refractivity contribution in [3.63, 3.8) is 0 Å². The Labute approximate surface area is 166 Å². The monoisotopic (exact) mass is 373 g/mol. The second kappa shape index (κ2) is 7.04. The number of rotatable bonds is 4. The Kier molecular flexibility index (Phi) is 4.38. The number of hydrogen-bond donors (Lipinski definition) is 0.